The lowest BCUT2D eigenvalue weighted by molar-refractivity contribution is -0.116. The Morgan fingerprint density at radius 3 is 2.44 bits per heavy atom. The highest BCUT2D eigenvalue weighted by atomic mass is 35.5. The monoisotopic (exact) mass is 478 g/mol. The molecule has 0 bridgehead atoms. The molecular formula is C22H20ClFN2O5S. The predicted molar refractivity (Wildman–Crippen MR) is 119 cm³/mol. The Morgan fingerprint density at radius 1 is 1.06 bits per heavy atom. The van der Waals surface area contributed by atoms with Crippen molar-refractivity contribution < 1.29 is 27.1 Å². The Hall–Kier alpha value is -3.14. The largest absolute Gasteiger partial charge is 0.495 e. The van der Waals surface area contributed by atoms with Gasteiger partial charge in [-0.3, -0.25) is 4.79 Å². The SMILES string of the molecule is COc1ccc(F)cc1S(=O)(=O)N(C)CC(=O)Nc1cc(Cl)ccc1Oc1ccccc1. The van der Waals surface area contributed by atoms with Gasteiger partial charge < -0.3 is 14.8 Å². The first-order chi connectivity index (χ1) is 15.2. The quantitative estimate of drug-likeness (QED) is 0.514. The number of benzene rings is 3. The van der Waals surface area contributed by atoms with Crippen LogP contribution >= 0.6 is 11.6 Å². The fourth-order valence-corrected chi connectivity index (χ4v) is 4.26. The van der Waals surface area contributed by atoms with Gasteiger partial charge in [0.1, 0.15) is 22.2 Å². The van der Waals surface area contributed by atoms with Crippen molar-refractivity contribution >= 4 is 33.2 Å². The van der Waals surface area contributed by atoms with Gasteiger partial charge in [-0.1, -0.05) is 29.8 Å². The van der Waals surface area contributed by atoms with E-state index in [4.69, 9.17) is 21.1 Å². The summed E-state index contributed by atoms with van der Waals surface area (Å²) in [5.41, 5.74) is 0.264. The topological polar surface area (TPSA) is 84.9 Å². The fraction of sp³-hybridized carbons (Fsp3) is 0.136. The van der Waals surface area contributed by atoms with Crippen LogP contribution in [0.25, 0.3) is 0 Å². The molecule has 0 aliphatic rings. The molecule has 0 unspecified atom stereocenters. The second-order valence-electron chi connectivity index (χ2n) is 6.66. The number of methoxy groups -OCH3 is 1. The number of hydrogen-bond acceptors (Lipinski definition) is 5. The highest BCUT2D eigenvalue weighted by Gasteiger charge is 2.27. The van der Waals surface area contributed by atoms with Gasteiger partial charge in [-0.15, -0.1) is 0 Å². The van der Waals surface area contributed by atoms with Crippen molar-refractivity contribution in [3.8, 4) is 17.2 Å². The third-order valence-corrected chi connectivity index (χ3v) is 6.43. The fourth-order valence-electron chi connectivity index (χ4n) is 2.80. The number of anilines is 1. The summed E-state index contributed by atoms with van der Waals surface area (Å²) in [6.07, 6.45) is 0. The number of nitrogens with one attached hydrogen (secondary N) is 1. The van der Waals surface area contributed by atoms with Gasteiger partial charge in [-0.2, -0.15) is 4.31 Å². The first-order valence-corrected chi connectivity index (χ1v) is 11.1. The summed E-state index contributed by atoms with van der Waals surface area (Å²) in [4.78, 5) is 12.2. The van der Waals surface area contributed by atoms with E-state index in [9.17, 15) is 17.6 Å². The second-order valence-corrected chi connectivity index (χ2v) is 9.11. The Labute approximate surface area is 190 Å². The van der Waals surface area contributed by atoms with Crippen LogP contribution in [0, 0.1) is 5.82 Å². The zero-order valence-electron chi connectivity index (χ0n) is 17.2. The highest BCUT2D eigenvalue weighted by Crippen LogP contribution is 2.32. The molecule has 0 saturated carbocycles. The molecule has 1 amide bonds. The number of sulfonamides is 1. The van der Waals surface area contributed by atoms with Crippen LogP contribution in [-0.2, 0) is 14.8 Å². The van der Waals surface area contributed by atoms with Gasteiger partial charge in [0.2, 0.25) is 15.9 Å². The maximum Gasteiger partial charge on any atom is 0.247 e. The van der Waals surface area contributed by atoms with E-state index in [0.29, 0.717) is 16.5 Å². The van der Waals surface area contributed by atoms with E-state index >= 15 is 0 Å². The van der Waals surface area contributed by atoms with Crippen LogP contribution in [0.2, 0.25) is 5.02 Å². The lowest BCUT2D eigenvalue weighted by atomic mass is 10.2. The second kappa shape index (κ2) is 9.99. The molecule has 3 rings (SSSR count). The maximum atomic E-state index is 13.6. The number of likely N-dealkylation sites (N-methyl/N-ethyl adjacent to an activating group) is 1. The number of amides is 1. The average molecular weight is 479 g/mol. The van der Waals surface area contributed by atoms with Crippen molar-refractivity contribution in [2.45, 2.75) is 4.90 Å². The molecule has 0 heterocycles. The molecule has 10 heteroatoms. The molecule has 0 aliphatic heterocycles. The molecule has 0 spiro atoms. The normalized spacial score (nSPS) is 11.3. The van der Waals surface area contributed by atoms with Crippen molar-refractivity contribution in [3.05, 3.63) is 77.6 Å². The molecule has 7 nitrogen and oxygen atoms in total. The molecule has 1 N–H and O–H groups in total. The zero-order chi connectivity index (χ0) is 23.3. The van der Waals surface area contributed by atoms with E-state index in [1.54, 1.807) is 36.4 Å². The van der Waals surface area contributed by atoms with Crippen LogP contribution in [0.5, 0.6) is 17.2 Å². The minimum absolute atomic E-state index is 0.0351. The summed E-state index contributed by atoms with van der Waals surface area (Å²) in [5, 5.41) is 2.96. The van der Waals surface area contributed by atoms with E-state index in [-0.39, 0.29) is 16.3 Å². The standard InChI is InChI=1S/C22H20ClFN2O5S/c1-26(32(28,29)21-13-16(24)9-11-20(21)30-2)14-22(27)25-18-12-15(23)8-10-19(18)31-17-6-4-3-5-7-17/h3-13H,14H2,1-2H3,(H,25,27). The van der Waals surface area contributed by atoms with Crippen LogP contribution in [0.3, 0.4) is 0 Å². The molecule has 0 aliphatic carbocycles. The van der Waals surface area contributed by atoms with E-state index in [1.165, 1.54) is 26.3 Å². The van der Waals surface area contributed by atoms with Crippen molar-refractivity contribution in [2.24, 2.45) is 0 Å². The predicted octanol–water partition coefficient (Wildman–Crippen LogP) is 4.54. The van der Waals surface area contributed by atoms with Crippen molar-refractivity contribution in [2.75, 3.05) is 26.0 Å². The summed E-state index contributed by atoms with van der Waals surface area (Å²) >= 11 is 6.05. The Bertz CT molecular complexity index is 1220. The molecule has 0 fully saturated rings. The molecule has 32 heavy (non-hydrogen) atoms. The molecule has 3 aromatic rings. The summed E-state index contributed by atoms with van der Waals surface area (Å²) in [6, 6.07) is 16.7. The first-order valence-electron chi connectivity index (χ1n) is 9.33. The molecule has 3 aromatic carbocycles. The molecular weight excluding hydrogens is 459 g/mol. The molecule has 0 aromatic heterocycles. The van der Waals surface area contributed by atoms with Gasteiger partial charge in [0, 0.05) is 12.1 Å². The lowest BCUT2D eigenvalue weighted by Gasteiger charge is -2.19. The van der Waals surface area contributed by atoms with Crippen molar-refractivity contribution in [1.29, 1.82) is 0 Å². The average Bonchev–Trinajstić information content (AvgIpc) is 2.76. The van der Waals surface area contributed by atoms with Gasteiger partial charge in [0.05, 0.1) is 19.3 Å². The minimum atomic E-state index is -4.21. The number of ether oxygens (including phenoxy) is 2. The van der Waals surface area contributed by atoms with Gasteiger partial charge in [0.25, 0.3) is 0 Å². The lowest BCUT2D eigenvalue weighted by Crippen LogP contribution is -2.35. The smallest absolute Gasteiger partial charge is 0.247 e. The molecule has 168 valence electrons. The molecule has 0 radical (unpaired) electrons. The number of para-hydroxylation sites is 1. The number of hydrogen-bond donors (Lipinski definition) is 1. The maximum absolute atomic E-state index is 13.6. The van der Waals surface area contributed by atoms with Gasteiger partial charge in [0.15, 0.2) is 5.75 Å². The Kier molecular flexibility index (Phi) is 7.34. The van der Waals surface area contributed by atoms with Crippen LogP contribution < -0.4 is 14.8 Å². The Morgan fingerprint density at radius 2 is 1.75 bits per heavy atom. The van der Waals surface area contributed by atoms with Gasteiger partial charge >= 0.3 is 0 Å². The van der Waals surface area contributed by atoms with E-state index in [1.807, 2.05) is 6.07 Å². The number of halogens is 2. The highest BCUT2D eigenvalue weighted by molar-refractivity contribution is 7.89. The summed E-state index contributed by atoms with van der Waals surface area (Å²) in [7, 11) is -1.73. The van der Waals surface area contributed by atoms with Crippen LogP contribution in [0.15, 0.2) is 71.6 Å². The third kappa shape index (κ3) is 5.56. The summed E-state index contributed by atoms with van der Waals surface area (Å²) in [5.74, 6) is -0.558. The first kappa shape index (κ1) is 23.5. The van der Waals surface area contributed by atoms with Crippen molar-refractivity contribution in [1.82, 2.24) is 4.31 Å². The Balaban J connectivity index is 1.78. The number of carbonyl (C=O) groups is 1. The van der Waals surface area contributed by atoms with E-state index < -0.39 is 28.3 Å². The summed E-state index contributed by atoms with van der Waals surface area (Å²) < 4.78 is 51.0. The van der Waals surface area contributed by atoms with E-state index in [0.717, 1.165) is 16.4 Å². The zero-order valence-corrected chi connectivity index (χ0v) is 18.8. The summed E-state index contributed by atoms with van der Waals surface area (Å²) in [6.45, 7) is -0.542. The van der Waals surface area contributed by atoms with Crippen molar-refractivity contribution in [3.63, 3.8) is 0 Å². The molecule has 0 atom stereocenters. The number of nitrogens with zero attached hydrogens (tertiary/aromatic N) is 1. The minimum Gasteiger partial charge on any atom is -0.495 e. The third-order valence-electron chi connectivity index (χ3n) is 4.37. The van der Waals surface area contributed by atoms with Crippen LogP contribution in [0.4, 0.5) is 10.1 Å². The van der Waals surface area contributed by atoms with Crippen LogP contribution in [0.1, 0.15) is 0 Å². The van der Waals surface area contributed by atoms with Crippen LogP contribution in [-0.4, -0.2) is 39.3 Å². The number of carbonyl (C=O) groups excluding carboxylic acids is 1. The van der Waals surface area contributed by atoms with Gasteiger partial charge in [-0.25, -0.2) is 12.8 Å². The number of rotatable bonds is 8. The molecule has 0 saturated heterocycles. The van der Waals surface area contributed by atoms with E-state index in [2.05, 4.69) is 5.32 Å². The van der Waals surface area contributed by atoms with Gasteiger partial charge in [-0.05, 0) is 48.5 Å².